The SMILES string of the molecule is COC(=O)c1ccc(OC(=O)c2ccc(OC(=O)C3CCC(C(O)O)CC3)cc2)cc1. The standard InChI is InChI=1S/C23H24O8/c1-29-21(26)15-6-10-18(11-7-15)31-23(28)17-8-12-19(13-9-17)30-22(27)16-4-2-14(3-5-16)20(24)25/h6-14,16,20,24-25H,2-5H2,1H3. The molecule has 0 heterocycles. The molecule has 0 radical (unpaired) electrons. The number of benzene rings is 2. The Kier molecular flexibility index (Phi) is 7.38. The molecule has 2 aromatic carbocycles. The number of carbonyl (C=O) groups excluding carboxylic acids is 3. The lowest BCUT2D eigenvalue weighted by molar-refractivity contribution is -0.143. The number of esters is 3. The first-order chi connectivity index (χ1) is 14.9. The van der Waals surface area contributed by atoms with Crippen molar-refractivity contribution in [3.8, 4) is 11.5 Å². The summed E-state index contributed by atoms with van der Waals surface area (Å²) in [6.07, 6.45) is 0.849. The molecule has 0 aliphatic heterocycles. The van der Waals surface area contributed by atoms with Crippen LogP contribution in [0.5, 0.6) is 11.5 Å². The van der Waals surface area contributed by atoms with Crippen molar-refractivity contribution in [2.45, 2.75) is 32.0 Å². The fourth-order valence-corrected chi connectivity index (χ4v) is 3.45. The number of aliphatic hydroxyl groups excluding tert-OH is 1. The molecule has 1 aliphatic rings. The molecule has 2 aromatic rings. The zero-order valence-electron chi connectivity index (χ0n) is 17.0. The topological polar surface area (TPSA) is 119 Å². The number of hydrogen-bond donors (Lipinski definition) is 2. The molecule has 0 atom stereocenters. The monoisotopic (exact) mass is 428 g/mol. The van der Waals surface area contributed by atoms with E-state index < -0.39 is 18.2 Å². The van der Waals surface area contributed by atoms with Crippen LogP contribution in [-0.4, -0.2) is 41.5 Å². The van der Waals surface area contributed by atoms with Crippen LogP contribution in [0.15, 0.2) is 48.5 Å². The Morgan fingerprint density at radius 2 is 1.26 bits per heavy atom. The summed E-state index contributed by atoms with van der Waals surface area (Å²) in [7, 11) is 1.28. The molecule has 3 rings (SSSR count). The van der Waals surface area contributed by atoms with Gasteiger partial charge in [0.25, 0.3) is 0 Å². The zero-order valence-corrected chi connectivity index (χ0v) is 17.0. The highest BCUT2D eigenvalue weighted by atomic mass is 16.5. The molecule has 8 nitrogen and oxygen atoms in total. The van der Waals surface area contributed by atoms with E-state index in [1.54, 1.807) is 0 Å². The van der Waals surface area contributed by atoms with E-state index in [1.165, 1.54) is 55.6 Å². The lowest BCUT2D eigenvalue weighted by Crippen LogP contribution is -2.30. The van der Waals surface area contributed by atoms with Gasteiger partial charge in [-0.1, -0.05) is 0 Å². The first-order valence-corrected chi connectivity index (χ1v) is 9.96. The van der Waals surface area contributed by atoms with Gasteiger partial charge in [0.2, 0.25) is 0 Å². The van der Waals surface area contributed by atoms with E-state index in [1.807, 2.05) is 0 Å². The Hall–Kier alpha value is -3.23. The van der Waals surface area contributed by atoms with Gasteiger partial charge in [0.15, 0.2) is 6.29 Å². The molecular weight excluding hydrogens is 404 g/mol. The molecule has 164 valence electrons. The van der Waals surface area contributed by atoms with Gasteiger partial charge in [-0.2, -0.15) is 0 Å². The van der Waals surface area contributed by atoms with Gasteiger partial charge in [-0.3, -0.25) is 4.79 Å². The van der Waals surface area contributed by atoms with Gasteiger partial charge in [-0.15, -0.1) is 0 Å². The summed E-state index contributed by atoms with van der Waals surface area (Å²) in [5, 5.41) is 18.5. The molecule has 0 bridgehead atoms. The van der Waals surface area contributed by atoms with Crippen molar-refractivity contribution >= 4 is 17.9 Å². The molecule has 0 unspecified atom stereocenters. The number of hydrogen-bond acceptors (Lipinski definition) is 8. The van der Waals surface area contributed by atoms with Gasteiger partial charge in [0.05, 0.1) is 24.2 Å². The predicted octanol–water partition coefficient (Wildman–Crippen LogP) is 2.71. The molecule has 1 fully saturated rings. The third-order valence-corrected chi connectivity index (χ3v) is 5.32. The second kappa shape index (κ2) is 10.2. The maximum Gasteiger partial charge on any atom is 0.343 e. The van der Waals surface area contributed by atoms with Crippen molar-refractivity contribution in [1.82, 2.24) is 0 Å². The van der Waals surface area contributed by atoms with Gasteiger partial charge in [0, 0.05) is 5.92 Å². The van der Waals surface area contributed by atoms with Gasteiger partial charge in [0.1, 0.15) is 11.5 Å². The summed E-state index contributed by atoms with van der Waals surface area (Å²) in [5.41, 5.74) is 0.615. The average Bonchev–Trinajstić information content (AvgIpc) is 2.79. The summed E-state index contributed by atoms with van der Waals surface area (Å²) in [6, 6.07) is 12.0. The minimum absolute atomic E-state index is 0.203. The van der Waals surface area contributed by atoms with Gasteiger partial charge < -0.3 is 24.4 Å². The van der Waals surface area contributed by atoms with E-state index in [0.29, 0.717) is 37.0 Å². The molecule has 1 saturated carbocycles. The van der Waals surface area contributed by atoms with Crippen molar-refractivity contribution < 1.29 is 38.8 Å². The van der Waals surface area contributed by atoms with Crippen molar-refractivity contribution in [3.63, 3.8) is 0 Å². The van der Waals surface area contributed by atoms with Crippen molar-refractivity contribution in [2.75, 3.05) is 7.11 Å². The first kappa shape index (κ1) is 22.5. The molecule has 8 heteroatoms. The van der Waals surface area contributed by atoms with E-state index in [9.17, 15) is 24.6 Å². The van der Waals surface area contributed by atoms with Crippen molar-refractivity contribution in [3.05, 3.63) is 59.7 Å². The fraction of sp³-hybridized carbons (Fsp3) is 0.348. The lowest BCUT2D eigenvalue weighted by Gasteiger charge is -2.28. The number of carbonyl (C=O) groups is 3. The molecule has 0 spiro atoms. The van der Waals surface area contributed by atoms with E-state index >= 15 is 0 Å². The van der Waals surface area contributed by atoms with E-state index in [4.69, 9.17) is 9.47 Å². The average molecular weight is 428 g/mol. The van der Waals surface area contributed by atoms with Crippen LogP contribution in [-0.2, 0) is 9.53 Å². The Morgan fingerprint density at radius 1 is 0.774 bits per heavy atom. The minimum Gasteiger partial charge on any atom is -0.465 e. The molecule has 0 saturated heterocycles. The Morgan fingerprint density at radius 3 is 1.74 bits per heavy atom. The molecule has 0 aromatic heterocycles. The highest BCUT2D eigenvalue weighted by molar-refractivity contribution is 5.92. The van der Waals surface area contributed by atoms with E-state index in [2.05, 4.69) is 4.74 Å². The second-order valence-corrected chi connectivity index (χ2v) is 7.38. The maximum atomic E-state index is 12.3. The second-order valence-electron chi connectivity index (χ2n) is 7.38. The number of methoxy groups -OCH3 is 1. The van der Waals surface area contributed by atoms with Crippen LogP contribution in [0.4, 0.5) is 0 Å². The van der Waals surface area contributed by atoms with Crippen LogP contribution in [0.1, 0.15) is 46.4 Å². The van der Waals surface area contributed by atoms with Crippen molar-refractivity contribution in [1.29, 1.82) is 0 Å². The van der Waals surface area contributed by atoms with Crippen LogP contribution >= 0.6 is 0 Å². The molecule has 0 amide bonds. The maximum absolute atomic E-state index is 12.3. The largest absolute Gasteiger partial charge is 0.465 e. The van der Waals surface area contributed by atoms with Crippen LogP contribution in [0, 0.1) is 11.8 Å². The normalized spacial score (nSPS) is 18.3. The smallest absolute Gasteiger partial charge is 0.343 e. The lowest BCUT2D eigenvalue weighted by atomic mass is 9.82. The predicted molar refractivity (Wildman–Crippen MR) is 108 cm³/mol. The third-order valence-electron chi connectivity index (χ3n) is 5.32. The highest BCUT2D eigenvalue weighted by Gasteiger charge is 2.30. The zero-order chi connectivity index (χ0) is 22.4. The summed E-state index contributed by atoms with van der Waals surface area (Å²) >= 11 is 0. The quantitative estimate of drug-likeness (QED) is 0.409. The molecule has 1 aliphatic carbocycles. The van der Waals surface area contributed by atoms with Crippen LogP contribution < -0.4 is 9.47 Å². The third kappa shape index (κ3) is 5.90. The number of aliphatic hydroxyl groups is 2. The summed E-state index contributed by atoms with van der Waals surface area (Å²) in [6.45, 7) is 0. The van der Waals surface area contributed by atoms with Crippen LogP contribution in [0.3, 0.4) is 0 Å². The van der Waals surface area contributed by atoms with E-state index in [-0.39, 0.29) is 29.1 Å². The first-order valence-electron chi connectivity index (χ1n) is 9.96. The Bertz CT molecular complexity index is 910. The van der Waals surface area contributed by atoms with Gasteiger partial charge in [-0.05, 0) is 74.2 Å². The Labute approximate surface area is 179 Å². The van der Waals surface area contributed by atoms with E-state index in [0.717, 1.165) is 0 Å². The molecular formula is C23H24O8. The summed E-state index contributed by atoms with van der Waals surface area (Å²) in [5.74, 6) is -1.35. The number of ether oxygens (including phenoxy) is 3. The summed E-state index contributed by atoms with van der Waals surface area (Å²) < 4.78 is 15.3. The minimum atomic E-state index is -1.35. The van der Waals surface area contributed by atoms with Gasteiger partial charge in [-0.25, -0.2) is 9.59 Å². The number of rotatable bonds is 6. The Balaban J connectivity index is 1.53. The summed E-state index contributed by atoms with van der Waals surface area (Å²) in [4.78, 5) is 36.1. The van der Waals surface area contributed by atoms with Crippen molar-refractivity contribution in [2.24, 2.45) is 11.8 Å². The fourth-order valence-electron chi connectivity index (χ4n) is 3.45. The highest BCUT2D eigenvalue weighted by Crippen LogP contribution is 2.31. The molecule has 2 N–H and O–H groups in total. The van der Waals surface area contributed by atoms with Gasteiger partial charge >= 0.3 is 17.9 Å². The molecule has 31 heavy (non-hydrogen) atoms. The van der Waals surface area contributed by atoms with Crippen LogP contribution in [0.25, 0.3) is 0 Å². The van der Waals surface area contributed by atoms with Crippen LogP contribution in [0.2, 0.25) is 0 Å².